The van der Waals surface area contributed by atoms with Gasteiger partial charge in [-0.25, -0.2) is 0 Å². The van der Waals surface area contributed by atoms with E-state index < -0.39 is 11.4 Å². The van der Waals surface area contributed by atoms with Gasteiger partial charge in [-0.1, -0.05) is 32.0 Å². The van der Waals surface area contributed by atoms with Crippen molar-refractivity contribution in [2.75, 3.05) is 0 Å². The molecule has 112 valence electrons. The zero-order valence-corrected chi connectivity index (χ0v) is 12.9. The summed E-state index contributed by atoms with van der Waals surface area (Å²) in [7, 11) is 0. The molecule has 1 N–H and O–H groups in total. The lowest BCUT2D eigenvalue weighted by molar-refractivity contribution is -0.139. The largest absolute Gasteiger partial charge is 0.481 e. The Balaban J connectivity index is 1.91. The first kappa shape index (κ1) is 15.6. The van der Waals surface area contributed by atoms with Gasteiger partial charge < -0.3 is 9.52 Å². The van der Waals surface area contributed by atoms with Crippen LogP contribution in [0.2, 0.25) is 0 Å². The van der Waals surface area contributed by atoms with Crippen LogP contribution in [0.5, 0.6) is 0 Å². The van der Waals surface area contributed by atoms with Crippen molar-refractivity contribution in [1.29, 1.82) is 0 Å². The molecule has 2 aromatic rings. The topological polar surface area (TPSA) is 76.2 Å². The molecule has 1 aromatic carbocycles. The minimum Gasteiger partial charge on any atom is -0.481 e. The highest BCUT2D eigenvalue weighted by molar-refractivity contribution is 7.98. The van der Waals surface area contributed by atoms with Crippen molar-refractivity contribution in [2.45, 2.75) is 37.3 Å². The SMILES string of the molecule is CC(C)(CC(=O)O)Cc1nnc(CSc2ccccc2)o1. The summed E-state index contributed by atoms with van der Waals surface area (Å²) in [6, 6.07) is 9.99. The molecule has 0 amide bonds. The maximum absolute atomic E-state index is 10.8. The number of benzene rings is 1. The van der Waals surface area contributed by atoms with Gasteiger partial charge in [0.05, 0.1) is 12.2 Å². The molecule has 0 spiro atoms. The standard InChI is InChI=1S/C15H18N2O3S/c1-15(2,9-14(18)19)8-12-16-17-13(20-12)10-21-11-6-4-3-5-7-11/h3-7H,8-10H2,1-2H3,(H,18,19). The lowest BCUT2D eigenvalue weighted by Gasteiger charge is -2.19. The van der Waals surface area contributed by atoms with Crippen LogP contribution in [-0.4, -0.2) is 21.3 Å². The molecule has 0 aliphatic rings. The summed E-state index contributed by atoms with van der Waals surface area (Å²) in [5.41, 5.74) is -0.401. The number of aromatic nitrogens is 2. The second kappa shape index (κ2) is 6.76. The number of carboxylic acids is 1. The van der Waals surface area contributed by atoms with Crippen molar-refractivity contribution in [2.24, 2.45) is 5.41 Å². The Bertz CT molecular complexity index is 596. The van der Waals surface area contributed by atoms with E-state index in [0.717, 1.165) is 4.90 Å². The summed E-state index contributed by atoms with van der Waals surface area (Å²) in [6.07, 6.45) is 0.534. The van der Waals surface area contributed by atoms with Crippen LogP contribution in [0.1, 0.15) is 32.0 Å². The molecule has 1 aromatic heterocycles. The van der Waals surface area contributed by atoms with Crippen LogP contribution in [0.3, 0.4) is 0 Å². The molecule has 0 saturated heterocycles. The summed E-state index contributed by atoms with van der Waals surface area (Å²) < 4.78 is 5.59. The lowest BCUT2D eigenvalue weighted by Crippen LogP contribution is -2.19. The third-order valence-corrected chi connectivity index (χ3v) is 3.87. The Labute approximate surface area is 127 Å². The van der Waals surface area contributed by atoms with Crippen molar-refractivity contribution in [3.8, 4) is 0 Å². The molecule has 6 heteroatoms. The van der Waals surface area contributed by atoms with Crippen LogP contribution in [0, 0.1) is 5.41 Å². The number of hydrogen-bond donors (Lipinski definition) is 1. The average Bonchev–Trinajstić information content (AvgIpc) is 2.82. The summed E-state index contributed by atoms with van der Waals surface area (Å²) in [6.45, 7) is 3.76. The van der Waals surface area contributed by atoms with Crippen molar-refractivity contribution in [3.05, 3.63) is 42.1 Å². The zero-order chi connectivity index (χ0) is 15.3. The van der Waals surface area contributed by atoms with E-state index in [0.29, 0.717) is 24.0 Å². The first-order valence-electron chi connectivity index (χ1n) is 6.65. The molecule has 0 unspecified atom stereocenters. The van der Waals surface area contributed by atoms with Gasteiger partial charge in [-0.2, -0.15) is 0 Å². The molecule has 0 saturated carbocycles. The monoisotopic (exact) mass is 306 g/mol. The molecular formula is C15H18N2O3S. The smallest absolute Gasteiger partial charge is 0.303 e. The summed E-state index contributed by atoms with van der Waals surface area (Å²) in [5, 5.41) is 16.9. The van der Waals surface area contributed by atoms with Gasteiger partial charge in [0.2, 0.25) is 11.8 Å². The highest BCUT2D eigenvalue weighted by Gasteiger charge is 2.25. The van der Waals surface area contributed by atoms with Crippen LogP contribution in [-0.2, 0) is 17.0 Å². The predicted octanol–water partition coefficient (Wildman–Crippen LogP) is 3.41. The molecule has 1 heterocycles. The molecule has 5 nitrogen and oxygen atoms in total. The van der Waals surface area contributed by atoms with Gasteiger partial charge in [0, 0.05) is 11.3 Å². The minimum atomic E-state index is -0.820. The van der Waals surface area contributed by atoms with Gasteiger partial charge in [-0.05, 0) is 17.5 Å². The molecule has 0 fully saturated rings. The number of rotatable bonds is 7. The summed E-state index contributed by atoms with van der Waals surface area (Å²) >= 11 is 1.63. The molecule has 0 bridgehead atoms. The third kappa shape index (κ3) is 5.23. The van der Waals surface area contributed by atoms with Gasteiger partial charge >= 0.3 is 5.97 Å². The van der Waals surface area contributed by atoms with E-state index in [1.165, 1.54) is 0 Å². The molecular weight excluding hydrogens is 288 g/mol. The Morgan fingerprint density at radius 3 is 2.57 bits per heavy atom. The van der Waals surface area contributed by atoms with Gasteiger partial charge in [0.25, 0.3) is 0 Å². The van der Waals surface area contributed by atoms with Gasteiger partial charge in [0.15, 0.2) is 0 Å². The van der Waals surface area contributed by atoms with E-state index >= 15 is 0 Å². The number of nitrogens with zero attached hydrogens (tertiary/aromatic N) is 2. The van der Waals surface area contributed by atoms with Crippen LogP contribution in [0.25, 0.3) is 0 Å². The summed E-state index contributed by atoms with van der Waals surface area (Å²) in [4.78, 5) is 11.9. The Hall–Kier alpha value is -1.82. The second-order valence-corrected chi connectivity index (χ2v) is 6.65. The normalized spacial score (nSPS) is 11.5. The van der Waals surface area contributed by atoms with Crippen LogP contribution >= 0.6 is 11.8 Å². The number of carbonyl (C=O) groups is 1. The van der Waals surface area contributed by atoms with E-state index in [1.807, 2.05) is 44.2 Å². The average molecular weight is 306 g/mol. The van der Waals surface area contributed by atoms with Gasteiger partial charge in [-0.3, -0.25) is 4.79 Å². The molecule has 2 rings (SSSR count). The fourth-order valence-corrected chi connectivity index (χ4v) is 2.72. The summed E-state index contributed by atoms with van der Waals surface area (Å²) in [5.74, 6) is 0.838. The van der Waals surface area contributed by atoms with Gasteiger partial charge in [-0.15, -0.1) is 22.0 Å². The van der Waals surface area contributed by atoms with E-state index in [4.69, 9.17) is 9.52 Å². The number of carboxylic acid groups (broad SMARTS) is 1. The van der Waals surface area contributed by atoms with Crippen molar-refractivity contribution >= 4 is 17.7 Å². The maximum atomic E-state index is 10.8. The second-order valence-electron chi connectivity index (χ2n) is 5.60. The molecule has 0 aliphatic carbocycles. The first-order chi connectivity index (χ1) is 9.94. The highest BCUT2D eigenvalue weighted by Crippen LogP contribution is 2.26. The number of thioether (sulfide) groups is 1. The maximum Gasteiger partial charge on any atom is 0.303 e. The zero-order valence-electron chi connectivity index (χ0n) is 12.1. The van der Waals surface area contributed by atoms with Crippen molar-refractivity contribution < 1.29 is 14.3 Å². The minimum absolute atomic E-state index is 0.0729. The predicted molar refractivity (Wildman–Crippen MR) is 80.0 cm³/mol. The fourth-order valence-electron chi connectivity index (χ4n) is 1.96. The van der Waals surface area contributed by atoms with Crippen LogP contribution in [0.4, 0.5) is 0 Å². The third-order valence-electron chi connectivity index (χ3n) is 2.87. The Kier molecular flexibility index (Phi) is 5.01. The highest BCUT2D eigenvalue weighted by atomic mass is 32.2. The quantitative estimate of drug-likeness (QED) is 0.790. The Morgan fingerprint density at radius 1 is 1.24 bits per heavy atom. The molecule has 0 atom stereocenters. The van der Waals surface area contributed by atoms with E-state index in [1.54, 1.807) is 11.8 Å². The van der Waals surface area contributed by atoms with E-state index in [-0.39, 0.29) is 6.42 Å². The van der Waals surface area contributed by atoms with E-state index in [2.05, 4.69) is 10.2 Å². The fraction of sp³-hybridized carbons (Fsp3) is 0.400. The molecule has 0 aliphatic heterocycles. The lowest BCUT2D eigenvalue weighted by atomic mass is 9.86. The van der Waals surface area contributed by atoms with Crippen molar-refractivity contribution in [3.63, 3.8) is 0 Å². The van der Waals surface area contributed by atoms with Crippen LogP contribution in [0.15, 0.2) is 39.6 Å². The molecule has 21 heavy (non-hydrogen) atoms. The number of aliphatic carboxylic acids is 1. The van der Waals surface area contributed by atoms with Crippen molar-refractivity contribution in [1.82, 2.24) is 10.2 Å². The van der Waals surface area contributed by atoms with E-state index in [9.17, 15) is 4.79 Å². The first-order valence-corrected chi connectivity index (χ1v) is 7.64. The van der Waals surface area contributed by atoms with Crippen LogP contribution < -0.4 is 0 Å². The van der Waals surface area contributed by atoms with Gasteiger partial charge in [0.1, 0.15) is 0 Å². The number of hydrogen-bond acceptors (Lipinski definition) is 5. The Morgan fingerprint density at radius 2 is 1.90 bits per heavy atom. The molecule has 0 radical (unpaired) electrons.